The maximum Gasteiger partial charge on any atom is 0.188 e. The molecule has 0 aliphatic rings. The van der Waals surface area contributed by atoms with Crippen LogP contribution in [0.25, 0.3) is 0 Å². The van der Waals surface area contributed by atoms with Gasteiger partial charge < -0.3 is 11.1 Å². The number of nitrogens with one attached hydrogen (secondary N) is 1. The van der Waals surface area contributed by atoms with Gasteiger partial charge in [-0.1, -0.05) is 0 Å². The first-order valence-corrected chi connectivity index (χ1v) is 6.24. The summed E-state index contributed by atoms with van der Waals surface area (Å²) in [6, 6.07) is 0. The van der Waals surface area contributed by atoms with E-state index >= 15 is 0 Å². The molecule has 0 fully saturated rings. The Hall–Kier alpha value is -1.10. The Morgan fingerprint density at radius 1 is 1.56 bits per heavy atom. The van der Waals surface area contributed by atoms with Crippen LogP contribution in [0.1, 0.15) is 31.5 Å². The van der Waals surface area contributed by atoms with E-state index in [1.807, 2.05) is 6.92 Å². The number of nitrogens with two attached hydrogens (primary N) is 1. The highest BCUT2D eigenvalue weighted by Gasteiger charge is 2.09. The van der Waals surface area contributed by atoms with Gasteiger partial charge in [0.1, 0.15) is 0 Å². The summed E-state index contributed by atoms with van der Waals surface area (Å²) in [6.07, 6.45) is 0.844. The average Bonchev–Trinajstić information content (AvgIpc) is 2.48. The van der Waals surface area contributed by atoms with E-state index in [1.54, 1.807) is 11.3 Å². The Balaban J connectivity index is 2.36. The van der Waals surface area contributed by atoms with Crippen molar-refractivity contribution in [3.05, 3.63) is 16.1 Å². The first-order chi connectivity index (χ1) is 7.37. The van der Waals surface area contributed by atoms with Gasteiger partial charge in [0, 0.05) is 23.9 Å². The van der Waals surface area contributed by atoms with Gasteiger partial charge in [0.05, 0.1) is 10.7 Å². The van der Waals surface area contributed by atoms with Crippen LogP contribution in [0.3, 0.4) is 0 Å². The molecular formula is C11H20N4S. The van der Waals surface area contributed by atoms with E-state index in [4.69, 9.17) is 5.73 Å². The summed E-state index contributed by atoms with van der Waals surface area (Å²) < 4.78 is 0. The van der Waals surface area contributed by atoms with Gasteiger partial charge in [-0.25, -0.2) is 4.98 Å². The first-order valence-electron chi connectivity index (χ1n) is 5.36. The lowest BCUT2D eigenvalue weighted by Crippen LogP contribution is -2.45. The molecule has 1 aromatic rings. The molecule has 1 rings (SSSR count). The largest absolute Gasteiger partial charge is 0.370 e. The molecule has 5 heteroatoms. The number of nitrogens with zero attached hydrogens (tertiary/aromatic N) is 2. The molecule has 3 N–H and O–H groups in total. The van der Waals surface area contributed by atoms with Crippen LogP contribution in [0.4, 0.5) is 0 Å². The number of hydrogen-bond acceptors (Lipinski definition) is 3. The fourth-order valence-electron chi connectivity index (χ4n) is 1.24. The van der Waals surface area contributed by atoms with Crippen LogP contribution in [0.2, 0.25) is 0 Å². The second-order valence-corrected chi connectivity index (χ2v) is 5.81. The molecule has 0 aromatic carbocycles. The van der Waals surface area contributed by atoms with Gasteiger partial charge in [0.15, 0.2) is 5.96 Å². The van der Waals surface area contributed by atoms with Gasteiger partial charge >= 0.3 is 0 Å². The Morgan fingerprint density at radius 3 is 2.75 bits per heavy atom. The van der Waals surface area contributed by atoms with Gasteiger partial charge in [0.25, 0.3) is 0 Å². The lowest BCUT2D eigenvalue weighted by molar-refractivity contribution is 0.508. The molecule has 4 nitrogen and oxygen atoms in total. The molecule has 1 aromatic heterocycles. The van der Waals surface area contributed by atoms with E-state index in [2.05, 4.69) is 41.4 Å². The quantitative estimate of drug-likeness (QED) is 0.624. The van der Waals surface area contributed by atoms with E-state index in [1.165, 1.54) is 0 Å². The van der Waals surface area contributed by atoms with Crippen molar-refractivity contribution in [3.8, 4) is 0 Å². The van der Waals surface area contributed by atoms with Crippen LogP contribution in [-0.4, -0.2) is 23.0 Å². The summed E-state index contributed by atoms with van der Waals surface area (Å²) >= 11 is 1.67. The fraction of sp³-hybridized carbons (Fsp3) is 0.636. The smallest absolute Gasteiger partial charge is 0.188 e. The summed E-state index contributed by atoms with van der Waals surface area (Å²) in [5.41, 5.74) is 6.81. The number of aryl methyl sites for hydroxylation is 1. The molecule has 16 heavy (non-hydrogen) atoms. The minimum absolute atomic E-state index is 0.0369. The number of hydrogen-bond donors (Lipinski definition) is 2. The van der Waals surface area contributed by atoms with Gasteiger partial charge in [0.2, 0.25) is 0 Å². The second kappa shape index (κ2) is 5.30. The molecule has 0 aliphatic heterocycles. The average molecular weight is 240 g/mol. The maximum absolute atomic E-state index is 5.75. The topological polar surface area (TPSA) is 63.3 Å². The molecule has 1 heterocycles. The van der Waals surface area contributed by atoms with E-state index in [9.17, 15) is 0 Å². The summed E-state index contributed by atoms with van der Waals surface area (Å²) in [5, 5.41) is 6.29. The van der Waals surface area contributed by atoms with Crippen LogP contribution in [-0.2, 0) is 6.42 Å². The molecule has 0 unspecified atom stereocenters. The minimum Gasteiger partial charge on any atom is -0.370 e. The highest BCUT2D eigenvalue weighted by molar-refractivity contribution is 7.09. The molecule has 0 bridgehead atoms. The Labute approximate surface area is 101 Å². The Bertz CT molecular complexity index is 362. The number of aliphatic imine (C=N–C) groups is 1. The zero-order valence-corrected chi connectivity index (χ0v) is 11.2. The number of thiazole rings is 1. The fourth-order valence-corrected chi connectivity index (χ4v) is 1.88. The summed E-state index contributed by atoms with van der Waals surface area (Å²) in [4.78, 5) is 8.63. The lowest BCUT2D eigenvalue weighted by Gasteiger charge is -2.20. The molecule has 0 radical (unpaired) electrons. The third kappa shape index (κ3) is 5.11. The highest BCUT2D eigenvalue weighted by atomic mass is 32.1. The van der Waals surface area contributed by atoms with Crippen LogP contribution < -0.4 is 11.1 Å². The number of rotatable bonds is 3. The maximum atomic E-state index is 5.75. The predicted octanol–water partition coefficient (Wildman–Crippen LogP) is 1.70. The van der Waals surface area contributed by atoms with Gasteiger partial charge in [-0.15, -0.1) is 11.3 Å². The molecular weight excluding hydrogens is 220 g/mol. The van der Waals surface area contributed by atoms with Crippen molar-refractivity contribution in [2.24, 2.45) is 10.7 Å². The highest BCUT2D eigenvalue weighted by Crippen LogP contribution is 2.08. The molecule has 0 saturated heterocycles. The van der Waals surface area contributed by atoms with E-state index in [-0.39, 0.29) is 5.54 Å². The third-order valence-corrected chi connectivity index (χ3v) is 2.64. The molecule has 0 saturated carbocycles. The van der Waals surface area contributed by atoms with Crippen molar-refractivity contribution in [1.29, 1.82) is 0 Å². The zero-order chi connectivity index (χ0) is 12.2. The van der Waals surface area contributed by atoms with Crippen molar-refractivity contribution < 1.29 is 0 Å². The summed E-state index contributed by atoms with van der Waals surface area (Å²) in [6.45, 7) is 8.85. The molecule has 0 spiro atoms. The van der Waals surface area contributed by atoms with Crippen LogP contribution in [0, 0.1) is 6.92 Å². The van der Waals surface area contributed by atoms with Crippen molar-refractivity contribution >= 4 is 17.3 Å². The standard InChI is InChI=1S/C11H20N4S/c1-8-14-9(7-16-8)5-6-13-10(12)15-11(2,3)4/h7H,5-6H2,1-4H3,(H3,12,13,15). The molecule has 0 amide bonds. The van der Waals surface area contributed by atoms with Crippen LogP contribution in [0.15, 0.2) is 10.4 Å². The van der Waals surface area contributed by atoms with Crippen molar-refractivity contribution in [2.75, 3.05) is 6.54 Å². The van der Waals surface area contributed by atoms with Gasteiger partial charge in [-0.05, 0) is 27.7 Å². The van der Waals surface area contributed by atoms with E-state index in [0.29, 0.717) is 12.5 Å². The Kier molecular flexibility index (Phi) is 4.29. The van der Waals surface area contributed by atoms with Crippen molar-refractivity contribution in [1.82, 2.24) is 10.3 Å². The molecule has 0 atom stereocenters. The van der Waals surface area contributed by atoms with Crippen LogP contribution in [0.5, 0.6) is 0 Å². The zero-order valence-electron chi connectivity index (χ0n) is 10.4. The minimum atomic E-state index is -0.0369. The lowest BCUT2D eigenvalue weighted by atomic mass is 10.1. The Morgan fingerprint density at radius 2 is 2.25 bits per heavy atom. The van der Waals surface area contributed by atoms with Gasteiger partial charge in [-0.2, -0.15) is 0 Å². The van der Waals surface area contributed by atoms with Gasteiger partial charge in [-0.3, -0.25) is 4.99 Å². The number of aromatic nitrogens is 1. The summed E-state index contributed by atoms with van der Waals surface area (Å²) in [7, 11) is 0. The van der Waals surface area contributed by atoms with E-state index in [0.717, 1.165) is 17.1 Å². The van der Waals surface area contributed by atoms with Crippen molar-refractivity contribution in [2.45, 2.75) is 39.7 Å². The van der Waals surface area contributed by atoms with Crippen molar-refractivity contribution in [3.63, 3.8) is 0 Å². The van der Waals surface area contributed by atoms with Crippen LogP contribution >= 0.6 is 11.3 Å². The molecule has 90 valence electrons. The van der Waals surface area contributed by atoms with E-state index < -0.39 is 0 Å². The summed E-state index contributed by atoms with van der Waals surface area (Å²) in [5.74, 6) is 0.499. The monoisotopic (exact) mass is 240 g/mol. The number of guanidine groups is 1. The second-order valence-electron chi connectivity index (χ2n) is 4.75. The molecule has 0 aliphatic carbocycles. The third-order valence-electron chi connectivity index (χ3n) is 1.82. The normalized spacial score (nSPS) is 12.9. The predicted molar refractivity (Wildman–Crippen MR) is 69.9 cm³/mol. The first kappa shape index (κ1) is 13.0. The SMILES string of the molecule is Cc1nc(CCN=C(N)NC(C)(C)C)cs1.